The third kappa shape index (κ3) is 4.85. The van der Waals surface area contributed by atoms with Gasteiger partial charge in [-0.15, -0.1) is 0 Å². The van der Waals surface area contributed by atoms with E-state index in [-0.39, 0.29) is 5.69 Å². The first kappa shape index (κ1) is 16.5. The monoisotopic (exact) mass is 316 g/mol. The predicted molar refractivity (Wildman–Crippen MR) is 64.2 cm³/mol. The van der Waals surface area contributed by atoms with E-state index in [0.29, 0.717) is 0 Å². The topological polar surface area (TPSA) is 58.6 Å². The average molecular weight is 316 g/mol. The van der Waals surface area contributed by atoms with Gasteiger partial charge in [0, 0.05) is 20.2 Å². The van der Waals surface area contributed by atoms with E-state index >= 15 is 0 Å². The van der Waals surface area contributed by atoms with Crippen molar-refractivity contribution >= 4 is 15.9 Å². The van der Waals surface area contributed by atoms with Crippen LogP contribution in [0.3, 0.4) is 0 Å². The fraction of sp³-hybridized carbons (Fsp3) is 0.400. The quantitative estimate of drug-likeness (QED) is 0.845. The van der Waals surface area contributed by atoms with E-state index in [1.807, 2.05) is 4.72 Å². The Kier molecular flexibility index (Phi) is 4.81. The molecule has 1 N–H and O–H groups in total. The zero-order chi connectivity index (χ0) is 15.6. The number of alkyl halides is 3. The van der Waals surface area contributed by atoms with Crippen molar-refractivity contribution in [1.82, 2.24) is 4.31 Å². The summed E-state index contributed by atoms with van der Waals surface area (Å²) in [5, 5.41) is 0. The molecular formula is C10H12F4N2O3S. The molecule has 1 rings (SSSR count). The molecule has 0 atom stereocenters. The van der Waals surface area contributed by atoms with Crippen LogP contribution in [0, 0.1) is 5.82 Å². The van der Waals surface area contributed by atoms with E-state index in [9.17, 15) is 26.0 Å². The maximum absolute atomic E-state index is 13.5. The van der Waals surface area contributed by atoms with Gasteiger partial charge in [0.1, 0.15) is 0 Å². The van der Waals surface area contributed by atoms with E-state index in [1.165, 1.54) is 14.1 Å². The van der Waals surface area contributed by atoms with Crippen LogP contribution in [0.5, 0.6) is 5.75 Å². The van der Waals surface area contributed by atoms with Crippen molar-refractivity contribution in [3.63, 3.8) is 0 Å². The molecule has 0 unspecified atom stereocenters. The molecule has 0 heterocycles. The second kappa shape index (κ2) is 5.83. The van der Waals surface area contributed by atoms with Crippen LogP contribution in [-0.4, -0.2) is 39.6 Å². The lowest BCUT2D eigenvalue weighted by atomic mass is 10.3. The molecule has 1 aromatic rings. The van der Waals surface area contributed by atoms with Gasteiger partial charge in [0.15, 0.2) is 18.2 Å². The predicted octanol–water partition coefficient (Wildman–Crippen LogP) is 1.99. The fourth-order valence-corrected chi connectivity index (χ4v) is 1.69. The van der Waals surface area contributed by atoms with E-state index in [4.69, 9.17) is 0 Å². The van der Waals surface area contributed by atoms with Gasteiger partial charge in [0.25, 0.3) is 0 Å². The van der Waals surface area contributed by atoms with Crippen LogP contribution >= 0.6 is 0 Å². The molecule has 5 nitrogen and oxygen atoms in total. The minimum atomic E-state index is -4.59. The number of nitrogens with one attached hydrogen (secondary N) is 1. The summed E-state index contributed by atoms with van der Waals surface area (Å²) in [7, 11) is -1.29. The molecule has 1 aromatic carbocycles. The summed E-state index contributed by atoms with van der Waals surface area (Å²) in [5.74, 6) is -1.72. The second-order valence-corrected chi connectivity index (χ2v) is 5.82. The Morgan fingerprint density at radius 3 is 2.35 bits per heavy atom. The highest BCUT2D eigenvalue weighted by molar-refractivity contribution is 7.90. The highest BCUT2D eigenvalue weighted by Crippen LogP contribution is 2.24. The first-order chi connectivity index (χ1) is 9.01. The number of benzene rings is 1. The normalized spacial score (nSPS) is 12.6. The van der Waals surface area contributed by atoms with Crippen molar-refractivity contribution in [2.75, 3.05) is 25.4 Å². The van der Waals surface area contributed by atoms with Gasteiger partial charge in [-0.2, -0.15) is 25.9 Å². The molecule has 0 spiro atoms. The molecule has 0 saturated heterocycles. The van der Waals surface area contributed by atoms with E-state index in [1.54, 1.807) is 0 Å². The van der Waals surface area contributed by atoms with Crippen molar-refractivity contribution in [3.05, 3.63) is 24.0 Å². The van der Waals surface area contributed by atoms with Gasteiger partial charge in [-0.3, -0.25) is 4.72 Å². The Labute approximate surface area is 113 Å². The molecule has 10 heteroatoms. The van der Waals surface area contributed by atoms with Gasteiger partial charge in [0.05, 0.1) is 5.69 Å². The Balaban J connectivity index is 2.84. The number of nitrogens with zero attached hydrogens (tertiary/aromatic N) is 1. The summed E-state index contributed by atoms with van der Waals surface area (Å²) in [6.07, 6.45) is -4.59. The average Bonchev–Trinajstić information content (AvgIpc) is 2.25. The molecule has 20 heavy (non-hydrogen) atoms. The molecule has 0 fully saturated rings. The molecule has 114 valence electrons. The zero-order valence-corrected chi connectivity index (χ0v) is 11.3. The van der Waals surface area contributed by atoms with Gasteiger partial charge < -0.3 is 4.74 Å². The number of halogens is 4. The smallest absolute Gasteiger partial charge is 0.422 e. The van der Waals surface area contributed by atoms with E-state index in [0.717, 1.165) is 22.5 Å². The Bertz CT molecular complexity index is 572. The van der Waals surface area contributed by atoms with Gasteiger partial charge >= 0.3 is 16.4 Å². The summed E-state index contributed by atoms with van der Waals surface area (Å²) in [6.45, 7) is -1.63. The molecule has 0 aliphatic heterocycles. The number of hydrogen-bond donors (Lipinski definition) is 1. The lowest BCUT2D eigenvalue weighted by molar-refractivity contribution is -0.153. The van der Waals surface area contributed by atoms with Crippen molar-refractivity contribution in [2.45, 2.75) is 6.18 Å². The third-order valence-corrected chi connectivity index (χ3v) is 3.51. The highest BCUT2D eigenvalue weighted by atomic mass is 32.2. The summed E-state index contributed by atoms with van der Waals surface area (Å²) in [4.78, 5) is 0. The van der Waals surface area contributed by atoms with Gasteiger partial charge in [-0.05, 0) is 12.1 Å². The Hall–Kier alpha value is -1.55. The van der Waals surface area contributed by atoms with Crippen molar-refractivity contribution in [3.8, 4) is 5.75 Å². The SMILES string of the molecule is CN(C)S(=O)(=O)Nc1ccc(OCC(F)(F)F)c(F)c1. The largest absolute Gasteiger partial charge is 0.481 e. The van der Waals surface area contributed by atoms with E-state index < -0.39 is 34.6 Å². The van der Waals surface area contributed by atoms with Crippen molar-refractivity contribution in [1.29, 1.82) is 0 Å². The maximum Gasteiger partial charge on any atom is 0.422 e. The zero-order valence-electron chi connectivity index (χ0n) is 10.5. The van der Waals surface area contributed by atoms with E-state index in [2.05, 4.69) is 4.74 Å². The minimum Gasteiger partial charge on any atom is -0.481 e. The standard InChI is InChI=1S/C10H12F4N2O3S/c1-16(2)20(17,18)15-7-3-4-9(8(11)5-7)19-6-10(12,13)14/h3-5,15H,6H2,1-2H3. The van der Waals surface area contributed by atoms with Crippen LogP contribution in [-0.2, 0) is 10.2 Å². The maximum atomic E-state index is 13.5. The lowest BCUT2D eigenvalue weighted by Crippen LogP contribution is -2.28. The molecule has 0 amide bonds. The van der Waals surface area contributed by atoms with Crippen LogP contribution < -0.4 is 9.46 Å². The second-order valence-electron chi connectivity index (χ2n) is 3.94. The summed E-state index contributed by atoms with van der Waals surface area (Å²) >= 11 is 0. The van der Waals surface area contributed by atoms with Crippen LogP contribution in [0.2, 0.25) is 0 Å². The van der Waals surface area contributed by atoms with Crippen molar-refractivity contribution in [2.24, 2.45) is 0 Å². The van der Waals surface area contributed by atoms with Crippen LogP contribution in [0.15, 0.2) is 18.2 Å². The fourth-order valence-electron chi connectivity index (χ4n) is 1.08. The summed E-state index contributed by atoms with van der Waals surface area (Å²) in [6, 6.07) is 2.73. The van der Waals surface area contributed by atoms with Gasteiger partial charge in [0.2, 0.25) is 0 Å². The minimum absolute atomic E-state index is 0.129. The van der Waals surface area contributed by atoms with Crippen molar-refractivity contribution < 1.29 is 30.7 Å². The Morgan fingerprint density at radius 1 is 1.30 bits per heavy atom. The molecular weight excluding hydrogens is 304 g/mol. The number of anilines is 1. The summed E-state index contributed by atoms with van der Waals surface area (Å²) in [5.41, 5.74) is -0.129. The molecule has 0 radical (unpaired) electrons. The van der Waals surface area contributed by atoms with Gasteiger partial charge in [-0.25, -0.2) is 4.39 Å². The molecule has 0 bridgehead atoms. The van der Waals surface area contributed by atoms with Crippen LogP contribution in [0.4, 0.5) is 23.2 Å². The Morgan fingerprint density at radius 2 is 1.90 bits per heavy atom. The first-order valence-corrected chi connectivity index (χ1v) is 6.64. The number of ether oxygens (including phenoxy) is 1. The molecule has 0 saturated carbocycles. The molecule has 0 aliphatic carbocycles. The number of hydrogen-bond acceptors (Lipinski definition) is 3. The van der Waals surface area contributed by atoms with Gasteiger partial charge in [-0.1, -0.05) is 0 Å². The summed E-state index contributed by atoms with van der Waals surface area (Å²) < 4.78 is 79.3. The third-order valence-electron chi connectivity index (χ3n) is 2.05. The first-order valence-electron chi connectivity index (χ1n) is 5.20. The lowest BCUT2D eigenvalue weighted by Gasteiger charge is -2.14. The highest BCUT2D eigenvalue weighted by Gasteiger charge is 2.29. The molecule has 0 aliphatic rings. The molecule has 0 aromatic heterocycles. The number of rotatable bonds is 5. The van der Waals surface area contributed by atoms with Crippen LogP contribution in [0.25, 0.3) is 0 Å². The van der Waals surface area contributed by atoms with Crippen LogP contribution in [0.1, 0.15) is 0 Å².